The van der Waals surface area contributed by atoms with Gasteiger partial charge in [-0.1, -0.05) is 13.0 Å². The van der Waals surface area contributed by atoms with Crippen LogP contribution in [0.3, 0.4) is 0 Å². The highest BCUT2D eigenvalue weighted by Crippen LogP contribution is 2.28. The van der Waals surface area contributed by atoms with E-state index in [1.807, 2.05) is 6.07 Å². The number of nitriles is 1. The first-order valence-corrected chi connectivity index (χ1v) is 8.38. The molecule has 0 amide bonds. The van der Waals surface area contributed by atoms with E-state index in [1.54, 1.807) is 7.11 Å². The maximum atomic E-state index is 8.66. The Morgan fingerprint density at radius 1 is 1.13 bits per heavy atom. The van der Waals surface area contributed by atoms with Crippen LogP contribution in [0, 0.1) is 11.3 Å². The van der Waals surface area contributed by atoms with Gasteiger partial charge in [-0.2, -0.15) is 5.26 Å². The highest BCUT2D eigenvalue weighted by Gasteiger charge is 2.17. The number of rotatable bonds is 8. The monoisotopic (exact) mass is 317 g/mol. The van der Waals surface area contributed by atoms with Crippen LogP contribution in [0.25, 0.3) is 0 Å². The van der Waals surface area contributed by atoms with Crippen LogP contribution in [0.1, 0.15) is 25.3 Å². The van der Waals surface area contributed by atoms with Gasteiger partial charge in [-0.15, -0.1) is 0 Å². The van der Waals surface area contributed by atoms with Crippen molar-refractivity contribution in [2.75, 3.05) is 46.4 Å². The van der Waals surface area contributed by atoms with E-state index in [-0.39, 0.29) is 0 Å². The third-order valence-electron chi connectivity index (χ3n) is 4.10. The summed E-state index contributed by atoms with van der Waals surface area (Å²) in [4.78, 5) is 4.81. The van der Waals surface area contributed by atoms with Crippen LogP contribution in [0.2, 0.25) is 0 Å². The molecule has 0 saturated carbocycles. The summed E-state index contributed by atoms with van der Waals surface area (Å²) in [5, 5.41) is 8.66. The molecule has 126 valence electrons. The van der Waals surface area contributed by atoms with Gasteiger partial charge in [0.1, 0.15) is 0 Å². The normalized spacial score (nSPS) is 16.0. The van der Waals surface area contributed by atoms with Gasteiger partial charge in [-0.05, 0) is 24.1 Å². The molecule has 1 saturated heterocycles. The molecule has 0 N–H and O–H groups in total. The molecular formula is C18H27N3O2. The fourth-order valence-electron chi connectivity index (χ4n) is 2.78. The maximum Gasteiger partial charge on any atom is 0.161 e. The molecule has 5 heteroatoms. The van der Waals surface area contributed by atoms with Crippen LogP contribution < -0.4 is 9.47 Å². The van der Waals surface area contributed by atoms with Crippen molar-refractivity contribution in [3.63, 3.8) is 0 Å². The fraction of sp³-hybridized carbons (Fsp3) is 0.611. The van der Waals surface area contributed by atoms with Crippen molar-refractivity contribution < 1.29 is 9.47 Å². The van der Waals surface area contributed by atoms with E-state index in [0.29, 0.717) is 13.0 Å². The average Bonchev–Trinajstić information content (AvgIpc) is 2.60. The van der Waals surface area contributed by atoms with E-state index in [4.69, 9.17) is 14.7 Å². The highest BCUT2D eigenvalue weighted by molar-refractivity contribution is 5.43. The van der Waals surface area contributed by atoms with Gasteiger partial charge in [-0.25, -0.2) is 0 Å². The lowest BCUT2D eigenvalue weighted by Crippen LogP contribution is -2.46. The first-order valence-electron chi connectivity index (χ1n) is 8.38. The predicted octanol–water partition coefficient (Wildman–Crippen LogP) is 2.52. The van der Waals surface area contributed by atoms with Gasteiger partial charge in [-0.3, -0.25) is 9.80 Å². The molecule has 2 rings (SSSR count). The predicted molar refractivity (Wildman–Crippen MR) is 90.7 cm³/mol. The molecule has 1 aliphatic rings. The quantitative estimate of drug-likeness (QED) is 0.737. The van der Waals surface area contributed by atoms with Crippen molar-refractivity contribution in [2.45, 2.75) is 26.3 Å². The summed E-state index contributed by atoms with van der Waals surface area (Å²) in [6, 6.07) is 8.42. The maximum absolute atomic E-state index is 8.66. The lowest BCUT2D eigenvalue weighted by atomic mass is 10.1. The van der Waals surface area contributed by atoms with E-state index in [9.17, 15) is 0 Å². The summed E-state index contributed by atoms with van der Waals surface area (Å²) in [6.07, 6.45) is 1.61. The van der Waals surface area contributed by atoms with Gasteiger partial charge in [0.25, 0.3) is 0 Å². The van der Waals surface area contributed by atoms with Gasteiger partial charge in [0, 0.05) is 45.7 Å². The zero-order valence-corrected chi connectivity index (χ0v) is 14.3. The lowest BCUT2D eigenvalue weighted by Gasteiger charge is -2.34. The first kappa shape index (κ1) is 17.6. The summed E-state index contributed by atoms with van der Waals surface area (Å²) in [5.41, 5.74) is 1.25. The van der Waals surface area contributed by atoms with E-state index in [1.165, 1.54) is 5.56 Å². The average molecular weight is 317 g/mol. The highest BCUT2D eigenvalue weighted by atomic mass is 16.5. The molecule has 1 aromatic carbocycles. The molecule has 1 fully saturated rings. The van der Waals surface area contributed by atoms with Gasteiger partial charge >= 0.3 is 0 Å². The molecule has 1 aromatic rings. The number of benzene rings is 1. The van der Waals surface area contributed by atoms with Crippen LogP contribution in [0.5, 0.6) is 11.5 Å². The molecule has 1 aliphatic heterocycles. The minimum atomic E-state index is 0.621. The summed E-state index contributed by atoms with van der Waals surface area (Å²) >= 11 is 0. The fourth-order valence-corrected chi connectivity index (χ4v) is 2.78. The SMILES string of the molecule is CCCOc1ccc(CN2CCN(CCC#N)CC2)cc1OC. The van der Waals surface area contributed by atoms with Crippen molar-refractivity contribution in [3.8, 4) is 17.6 Å². The zero-order chi connectivity index (χ0) is 16.5. The topological polar surface area (TPSA) is 48.7 Å². The molecule has 1 heterocycles. The Bertz CT molecular complexity index is 519. The van der Waals surface area contributed by atoms with Crippen LogP contribution >= 0.6 is 0 Å². The number of hydrogen-bond donors (Lipinski definition) is 0. The van der Waals surface area contributed by atoms with E-state index >= 15 is 0 Å². The smallest absolute Gasteiger partial charge is 0.161 e. The molecule has 0 aromatic heterocycles. The summed E-state index contributed by atoms with van der Waals surface area (Å²) in [6.45, 7) is 8.78. The molecule has 0 aliphatic carbocycles. The molecule has 0 radical (unpaired) electrons. The summed E-state index contributed by atoms with van der Waals surface area (Å²) in [7, 11) is 1.69. The largest absolute Gasteiger partial charge is 0.493 e. The van der Waals surface area contributed by atoms with E-state index in [2.05, 4.69) is 34.9 Å². The molecule has 0 unspecified atom stereocenters. The summed E-state index contributed by atoms with van der Waals surface area (Å²) < 4.78 is 11.2. The van der Waals surface area contributed by atoms with Crippen LogP contribution in [0.4, 0.5) is 0 Å². The standard InChI is InChI=1S/C18H27N3O2/c1-3-13-23-17-6-5-16(14-18(17)22-2)15-21-11-9-20(10-12-21)8-4-7-19/h5-6,14H,3-4,8-13,15H2,1-2H3. The number of nitrogens with zero attached hydrogens (tertiary/aromatic N) is 3. The van der Waals surface area contributed by atoms with Crippen molar-refractivity contribution >= 4 is 0 Å². The Hall–Kier alpha value is -1.77. The second-order valence-electron chi connectivity index (χ2n) is 5.86. The molecule has 5 nitrogen and oxygen atoms in total. The third-order valence-corrected chi connectivity index (χ3v) is 4.10. The van der Waals surface area contributed by atoms with Gasteiger partial charge in [0.2, 0.25) is 0 Å². The van der Waals surface area contributed by atoms with Crippen molar-refractivity contribution in [2.24, 2.45) is 0 Å². The third kappa shape index (κ3) is 5.42. The van der Waals surface area contributed by atoms with Crippen molar-refractivity contribution in [1.29, 1.82) is 5.26 Å². The summed E-state index contributed by atoms with van der Waals surface area (Å²) in [5.74, 6) is 1.63. The second-order valence-corrected chi connectivity index (χ2v) is 5.86. The molecular weight excluding hydrogens is 290 g/mol. The lowest BCUT2D eigenvalue weighted by molar-refractivity contribution is 0.129. The van der Waals surface area contributed by atoms with Crippen LogP contribution in [0.15, 0.2) is 18.2 Å². The van der Waals surface area contributed by atoms with Crippen molar-refractivity contribution in [1.82, 2.24) is 9.80 Å². The second kappa shape index (κ2) is 9.39. The Morgan fingerprint density at radius 3 is 2.52 bits per heavy atom. The minimum Gasteiger partial charge on any atom is -0.493 e. The number of ether oxygens (including phenoxy) is 2. The van der Waals surface area contributed by atoms with Crippen molar-refractivity contribution in [3.05, 3.63) is 23.8 Å². The van der Waals surface area contributed by atoms with Crippen LogP contribution in [-0.4, -0.2) is 56.2 Å². The van der Waals surface area contributed by atoms with Gasteiger partial charge in [0.05, 0.1) is 19.8 Å². The minimum absolute atomic E-state index is 0.621. The number of piperazine rings is 1. The van der Waals surface area contributed by atoms with Crippen LogP contribution in [-0.2, 0) is 6.54 Å². The Kier molecular flexibility index (Phi) is 7.18. The Labute approximate surface area is 139 Å². The molecule has 0 spiro atoms. The Balaban J connectivity index is 1.87. The number of methoxy groups -OCH3 is 1. The van der Waals surface area contributed by atoms with E-state index in [0.717, 1.165) is 57.2 Å². The molecule has 23 heavy (non-hydrogen) atoms. The number of hydrogen-bond acceptors (Lipinski definition) is 5. The van der Waals surface area contributed by atoms with Gasteiger partial charge in [0.15, 0.2) is 11.5 Å². The van der Waals surface area contributed by atoms with E-state index < -0.39 is 0 Å². The molecule has 0 bridgehead atoms. The first-order chi connectivity index (χ1) is 11.3. The zero-order valence-electron chi connectivity index (χ0n) is 14.3. The Morgan fingerprint density at radius 2 is 1.87 bits per heavy atom. The molecule has 0 atom stereocenters. The van der Waals surface area contributed by atoms with Gasteiger partial charge < -0.3 is 9.47 Å².